The fraction of sp³-hybridized carbons (Fsp3) is 0.471. The number of ether oxygens (including phenoxy) is 1. The highest BCUT2D eigenvalue weighted by molar-refractivity contribution is 7.89. The molecule has 0 spiro atoms. The number of sulfonamides is 1. The number of unbranched alkanes of at least 4 members (excludes halogenated alkanes) is 4. The van der Waals surface area contributed by atoms with Gasteiger partial charge < -0.3 is 25.4 Å². The van der Waals surface area contributed by atoms with Crippen molar-refractivity contribution in [2.24, 2.45) is 0 Å². The summed E-state index contributed by atoms with van der Waals surface area (Å²) in [4.78, 5) is 0.283. The van der Waals surface area contributed by atoms with Crippen molar-refractivity contribution in [3.8, 4) is 5.75 Å². The van der Waals surface area contributed by atoms with Crippen LogP contribution in [0.1, 0.15) is 80.7 Å². The van der Waals surface area contributed by atoms with Crippen molar-refractivity contribution in [1.82, 2.24) is 10.0 Å². The van der Waals surface area contributed by atoms with Crippen LogP contribution in [0.5, 0.6) is 5.75 Å². The van der Waals surface area contributed by atoms with E-state index < -0.39 is 21.7 Å². The minimum absolute atomic E-state index is 0.0312. The molecule has 236 valence electrons. The number of aryl methyl sites for hydroxylation is 1. The Hall–Kier alpha value is -2.79. The van der Waals surface area contributed by atoms with Crippen molar-refractivity contribution in [1.29, 1.82) is 0 Å². The number of nitrogens with one attached hydrogen (secondary N) is 2. The lowest BCUT2D eigenvalue weighted by Gasteiger charge is -2.26. The van der Waals surface area contributed by atoms with E-state index in [2.05, 4.69) is 10.0 Å². The number of hydrogen-bond acceptors (Lipinski definition) is 7. The van der Waals surface area contributed by atoms with E-state index in [1.165, 1.54) is 6.07 Å². The monoisotopic (exact) mass is 612 g/mol. The van der Waals surface area contributed by atoms with Crippen LogP contribution in [0.2, 0.25) is 0 Å². The molecule has 8 nitrogen and oxygen atoms in total. The number of phenols is 1. The van der Waals surface area contributed by atoms with Crippen LogP contribution < -0.4 is 10.0 Å². The number of aliphatic hydroxyl groups excluding tert-OH is 2. The van der Waals surface area contributed by atoms with Gasteiger partial charge in [-0.2, -0.15) is 0 Å². The van der Waals surface area contributed by atoms with Crippen LogP contribution >= 0.6 is 0 Å². The van der Waals surface area contributed by atoms with Gasteiger partial charge in [-0.1, -0.05) is 61.4 Å². The quantitative estimate of drug-likeness (QED) is 0.109. The lowest BCUT2D eigenvalue weighted by Crippen LogP contribution is -2.40. The number of rotatable bonds is 20. The van der Waals surface area contributed by atoms with E-state index in [1.807, 2.05) is 50.2 Å². The molecule has 0 radical (unpaired) electrons. The summed E-state index contributed by atoms with van der Waals surface area (Å²) in [5.41, 5.74) is 2.26. The summed E-state index contributed by atoms with van der Waals surface area (Å²) in [6.07, 6.45) is 6.13. The third-order valence-corrected chi connectivity index (χ3v) is 9.14. The van der Waals surface area contributed by atoms with Gasteiger partial charge in [-0.3, -0.25) is 0 Å². The maximum absolute atomic E-state index is 13.1. The summed E-state index contributed by atoms with van der Waals surface area (Å²) >= 11 is 0. The molecule has 5 N–H and O–H groups in total. The van der Waals surface area contributed by atoms with Crippen LogP contribution in [0.15, 0.2) is 77.7 Å². The molecule has 0 heterocycles. The molecule has 0 saturated heterocycles. The predicted octanol–water partition coefficient (Wildman–Crippen LogP) is 5.32. The first-order valence-corrected chi connectivity index (χ1v) is 16.7. The Labute approximate surface area is 257 Å². The van der Waals surface area contributed by atoms with E-state index in [9.17, 15) is 23.7 Å². The lowest BCUT2D eigenvalue weighted by molar-refractivity contribution is 0.126. The molecule has 9 heteroatoms. The van der Waals surface area contributed by atoms with Crippen molar-refractivity contribution >= 4 is 10.0 Å². The zero-order chi connectivity index (χ0) is 31.1. The first-order valence-electron chi connectivity index (χ1n) is 15.2. The number of aromatic hydroxyl groups is 1. The van der Waals surface area contributed by atoms with Crippen LogP contribution in [0.4, 0.5) is 0 Å². The van der Waals surface area contributed by atoms with Crippen molar-refractivity contribution in [2.75, 3.05) is 26.3 Å². The minimum Gasteiger partial charge on any atom is -0.508 e. The maximum atomic E-state index is 13.1. The summed E-state index contributed by atoms with van der Waals surface area (Å²) in [6, 6.07) is 21.5. The van der Waals surface area contributed by atoms with Gasteiger partial charge in [0.05, 0.1) is 23.1 Å². The molecule has 0 fully saturated rings. The Morgan fingerprint density at radius 3 is 2.33 bits per heavy atom. The molecular weight excluding hydrogens is 564 g/mol. The Morgan fingerprint density at radius 2 is 1.58 bits per heavy atom. The molecule has 43 heavy (non-hydrogen) atoms. The lowest BCUT2D eigenvalue weighted by atomic mass is 9.96. The highest BCUT2D eigenvalue weighted by Gasteiger charge is 2.27. The Balaban J connectivity index is 1.23. The third kappa shape index (κ3) is 11.7. The van der Waals surface area contributed by atoms with Gasteiger partial charge in [-0.25, -0.2) is 13.1 Å². The van der Waals surface area contributed by atoms with Crippen molar-refractivity contribution in [2.45, 2.75) is 81.9 Å². The van der Waals surface area contributed by atoms with Crippen LogP contribution in [0, 0.1) is 0 Å². The van der Waals surface area contributed by atoms with Gasteiger partial charge >= 0.3 is 0 Å². The van der Waals surface area contributed by atoms with E-state index in [0.29, 0.717) is 24.3 Å². The molecule has 0 aromatic heterocycles. The third-order valence-electron chi connectivity index (χ3n) is 7.49. The maximum Gasteiger partial charge on any atom is 0.241 e. The second-order valence-electron chi connectivity index (χ2n) is 11.5. The van der Waals surface area contributed by atoms with Crippen LogP contribution in [0.25, 0.3) is 0 Å². The molecule has 3 rings (SSSR count). The summed E-state index contributed by atoms with van der Waals surface area (Å²) in [5.74, 6) is 0.0312. The normalized spacial score (nSPS) is 12.8. The number of benzene rings is 3. The van der Waals surface area contributed by atoms with Crippen molar-refractivity contribution < 1.29 is 28.5 Å². The molecular formula is C34H48N2O6S. The van der Waals surface area contributed by atoms with Crippen LogP contribution in [0.3, 0.4) is 0 Å². The predicted molar refractivity (Wildman–Crippen MR) is 170 cm³/mol. The Bertz CT molecular complexity index is 1350. The van der Waals surface area contributed by atoms with Crippen LogP contribution in [-0.4, -0.2) is 50.0 Å². The first-order chi connectivity index (χ1) is 20.6. The molecule has 3 aromatic carbocycles. The summed E-state index contributed by atoms with van der Waals surface area (Å²) in [7, 11) is -3.67. The van der Waals surface area contributed by atoms with E-state index in [0.717, 1.165) is 69.2 Å². The molecule has 0 bridgehead atoms. The highest BCUT2D eigenvalue weighted by atomic mass is 32.2. The van der Waals surface area contributed by atoms with Gasteiger partial charge in [0.1, 0.15) is 5.75 Å². The Kier molecular flexibility index (Phi) is 14.1. The molecule has 1 atom stereocenters. The summed E-state index contributed by atoms with van der Waals surface area (Å²) < 4.78 is 34.8. The first kappa shape index (κ1) is 34.7. The van der Waals surface area contributed by atoms with E-state index in [-0.39, 0.29) is 17.3 Å². The second kappa shape index (κ2) is 17.5. The van der Waals surface area contributed by atoms with Crippen molar-refractivity contribution in [3.63, 3.8) is 0 Å². The van der Waals surface area contributed by atoms with E-state index in [1.54, 1.807) is 30.3 Å². The Morgan fingerprint density at radius 1 is 0.860 bits per heavy atom. The highest BCUT2D eigenvalue weighted by Crippen LogP contribution is 2.24. The van der Waals surface area contributed by atoms with Crippen molar-refractivity contribution in [3.05, 3.63) is 95.1 Å². The number of hydrogen-bond donors (Lipinski definition) is 5. The fourth-order valence-corrected chi connectivity index (χ4v) is 6.39. The summed E-state index contributed by atoms with van der Waals surface area (Å²) in [5, 5.41) is 32.5. The minimum atomic E-state index is -3.67. The van der Waals surface area contributed by atoms with Gasteiger partial charge in [0.2, 0.25) is 10.0 Å². The van der Waals surface area contributed by atoms with Gasteiger partial charge in [0.15, 0.2) is 0 Å². The van der Waals surface area contributed by atoms with E-state index >= 15 is 0 Å². The molecule has 0 saturated carbocycles. The average molecular weight is 613 g/mol. The zero-order valence-electron chi connectivity index (χ0n) is 25.5. The van der Waals surface area contributed by atoms with Gasteiger partial charge in [-0.05, 0) is 93.5 Å². The second-order valence-corrected chi connectivity index (χ2v) is 13.2. The molecule has 0 aliphatic heterocycles. The van der Waals surface area contributed by atoms with Gasteiger partial charge in [-0.15, -0.1) is 0 Å². The molecule has 0 aliphatic carbocycles. The topological polar surface area (TPSA) is 128 Å². The van der Waals surface area contributed by atoms with E-state index in [4.69, 9.17) is 4.74 Å². The molecule has 0 unspecified atom stereocenters. The van der Waals surface area contributed by atoms with Gasteiger partial charge in [0, 0.05) is 25.3 Å². The van der Waals surface area contributed by atoms with Gasteiger partial charge in [0.25, 0.3) is 0 Å². The fourth-order valence-electron chi connectivity index (χ4n) is 4.92. The zero-order valence-corrected chi connectivity index (χ0v) is 26.3. The SMILES string of the molecule is CC(C)(NS(=O)(=O)c1cccc(CCCCOCCCCCCNC[C@H](O)c2ccc(O)c(CO)c2)c1)c1ccccc1. The average Bonchev–Trinajstić information content (AvgIpc) is 2.99. The molecule has 0 aliphatic rings. The smallest absolute Gasteiger partial charge is 0.241 e. The molecule has 0 amide bonds. The van der Waals surface area contributed by atoms with Crippen LogP contribution in [-0.2, 0) is 33.3 Å². The largest absolute Gasteiger partial charge is 0.508 e. The molecule has 3 aromatic rings. The standard InChI is InChI=1S/C34H48N2O6S/c1-34(2,30-15-6-5-7-16-30)36-43(40,41)31-17-12-14-27(23-31)13-8-11-22-42-21-10-4-3-9-20-35-25-33(39)28-18-19-32(38)29(24-28)26-37/h5-7,12,14-19,23-24,33,35-39H,3-4,8-11,13,20-22,25-26H2,1-2H3/t33-/m0/s1. The summed E-state index contributed by atoms with van der Waals surface area (Å²) in [6.45, 7) is 6.13. The number of aliphatic hydroxyl groups is 2.